The van der Waals surface area contributed by atoms with Gasteiger partial charge in [-0.05, 0) is 28.1 Å². The van der Waals surface area contributed by atoms with Crippen molar-refractivity contribution in [1.82, 2.24) is 9.97 Å². The van der Waals surface area contributed by atoms with Gasteiger partial charge in [0.15, 0.2) is 17.5 Å². The Morgan fingerprint density at radius 2 is 2.10 bits per heavy atom. The third-order valence-electron chi connectivity index (χ3n) is 2.50. The van der Waals surface area contributed by atoms with Crippen molar-refractivity contribution in [2.45, 2.75) is 0 Å². The smallest absolute Gasteiger partial charge is 0.343 e. The molecule has 20 heavy (non-hydrogen) atoms. The maximum atomic E-state index is 13.5. The summed E-state index contributed by atoms with van der Waals surface area (Å²) in [5.41, 5.74) is 5.83. The lowest BCUT2D eigenvalue weighted by molar-refractivity contribution is 0.0601. The predicted molar refractivity (Wildman–Crippen MR) is 70.8 cm³/mol. The molecule has 0 aliphatic heterocycles. The third-order valence-corrected chi connectivity index (χ3v) is 3.27. The van der Waals surface area contributed by atoms with Gasteiger partial charge < -0.3 is 10.5 Å². The zero-order valence-electron chi connectivity index (χ0n) is 10.2. The molecule has 0 amide bonds. The summed E-state index contributed by atoms with van der Waals surface area (Å²) in [6.07, 6.45) is 1.16. The fourth-order valence-corrected chi connectivity index (χ4v) is 1.99. The van der Waals surface area contributed by atoms with E-state index in [1.54, 1.807) is 0 Å². The molecule has 0 bridgehead atoms. The second-order valence-electron chi connectivity index (χ2n) is 3.71. The Hall–Kier alpha value is -2.09. The quantitative estimate of drug-likeness (QED) is 0.669. The molecule has 8 heteroatoms. The molecule has 0 radical (unpaired) electrons. The number of anilines is 1. The maximum absolute atomic E-state index is 13.5. The average Bonchev–Trinajstić information content (AvgIpc) is 2.44. The molecular formula is C12H8BrF2N3O2. The number of carbonyl (C=O) groups is 1. The van der Waals surface area contributed by atoms with Crippen LogP contribution < -0.4 is 5.73 Å². The van der Waals surface area contributed by atoms with Gasteiger partial charge in [0, 0.05) is 11.8 Å². The van der Waals surface area contributed by atoms with Crippen molar-refractivity contribution in [3.05, 3.63) is 40.0 Å². The van der Waals surface area contributed by atoms with Gasteiger partial charge in [0.1, 0.15) is 11.4 Å². The molecule has 2 aromatic rings. The molecule has 2 rings (SSSR count). The van der Waals surface area contributed by atoms with Gasteiger partial charge in [-0.15, -0.1) is 0 Å². The molecule has 1 heterocycles. The first-order valence-electron chi connectivity index (χ1n) is 5.30. The average molecular weight is 344 g/mol. The lowest BCUT2D eigenvalue weighted by Gasteiger charge is -2.07. The highest BCUT2D eigenvalue weighted by Gasteiger charge is 2.17. The number of ether oxygens (including phenoxy) is 1. The summed E-state index contributed by atoms with van der Waals surface area (Å²) < 4.78 is 30.9. The van der Waals surface area contributed by atoms with Gasteiger partial charge in [0.05, 0.1) is 11.6 Å². The SMILES string of the molecule is COC(=O)c1cnc(-c2ccc(F)c(F)c2Br)nc1N. The van der Waals surface area contributed by atoms with Gasteiger partial charge >= 0.3 is 5.97 Å². The molecule has 1 aromatic carbocycles. The van der Waals surface area contributed by atoms with Gasteiger partial charge in [-0.3, -0.25) is 0 Å². The molecule has 0 aliphatic carbocycles. The van der Waals surface area contributed by atoms with Crippen LogP contribution in [0, 0.1) is 11.6 Å². The Morgan fingerprint density at radius 1 is 1.40 bits per heavy atom. The van der Waals surface area contributed by atoms with Gasteiger partial charge in [-0.2, -0.15) is 0 Å². The fraction of sp³-hybridized carbons (Fsp3) is 0.0833. The first-order valence-corrected chi connectivity index (χ1v) is 6.09. The number of aromatic nitrogens is 2. The normalized spacial score (nSPS) is 10.4. The summed E-state index contributed by atoms with van der Waals surface area (Å²) >= 11 is 2.93. The first kappa shape index (κ1) is 14.3. The minimum atomic E-state index is -1.05. The number of nitrogens with zero attached hydrogens (tertiary/aromatic N) is 2. The van der Waals surface area contributed by atoms with Crippen LogP contribution >= 0.6 is 15.9 Å². The minimum Gasteiger partial charge on any atom is -0.465 e. The van der Waals surface area contributed by atoms with E-state index in [1.165, 1.54) is 13.2 Å². The van der Waals surface area contributed by atoms with Crippen LogP contribution in [-0.4, -0.2) is 23.0 Å². The summed E-state index contributed by atoms with van der Waals surface area (Å²) in [6, 6.07) is 2.25. The number of rotatable bonds is 2. The minimum absolute atomic E-state index is 0.00467. The second-order valence-corrected chi connectivity index (χ2v) is 4.50. The van der Waals surface area contributed by atoms with Crippen LogP contribution in [-0.2, 0) is 4.74 Å². The third kappa shape index (κ3) is 2.46. The van der Waals surface area contributed by atoms with Gasteiger partial charge in [-0.25, -0.2) is 23.5 Å². The molecule has 0 atom stereocenters. The predicted octanol–water partition coefficient (Wildman–Crippen LogP) is 2.55. The number of hydrogen-bond acceptors (Lipinski definition) is 5. The number of methoxy groups -OCH3 is 1. The van der Waals surface area contributed by atoms with Gasteiger partial charge in [0.25, 0.3) is 0 Å². The Kier molecular flexibility index (Phi) is 3.93. The van der Waals surface area contributed by atoms with E-state index in [1.807, 2.05) is 0 Å². The van der Waals surface area contributed by atoms with Crippen LogP contribution in [0.4, 0.5) is 14.6 Å². The Bertz CT molecular complexity index is 695. The van der Waals surface area contributed by atoms with E-state index >= 15 is 0 Å². The molecule has 104 valence electrons. The number of nitrogens with two attached hydrogens (primary N) is 1. The molecule has 0 aliphatic rings. The summed E-state index contributed by atoms with van der Waals surface area (Å²) in [5.74, 6) is -2.79. The molecule has 0 saturated carbocycles. The zero-order valence-corrected chi connectivity index (χ0v) is 11.7. The summed E-state index contributed by atoms with van der Waals surface area (Å²) in [7, 11) is 1.20. The van der Waals surface area contributed by atoms with E-state index in [4.69, 9.17) is 5.73 Å². The number of benzene rings is 1. The van der Waals surface area contributed by atoms with Crippen LogP contribution in [0.1, 0.15) is 10.4 Å². The Morgan fingerprint density at radius 3 is 2.70 bits per heavy atom. The lowest BCUT2D eigenvalue weighted by atomic mass is 10.2. The van der Waals surface area contributed by atoms with E-state index in [-0.39, 0.29) is 27.2 Å². The molecule has 1 aromatic heterocycles. The topological polar surface area (TPSA) is 78.1 Å². The van der Waals surface area contributed by atoms with Crippen LogP contribution in [0.25, 0.3) is 11.4 Å². The molecule has 0 fully saturated rings. The van der Waals surface area contributed by atoms with Crippen molar-refractivity contribution in [2.24, 2.45) is 0 Å². The van der Waals surface area contributed by atoms with E-state index in [9.17, 15) is 13.6 Å². The van der Waals surface area contributed by atoms with Crippen molar-refractivity contribution in [3.8, 4) is 11.4 Å². The van der Waals surface area contributed by atoms with E-state index in [2.05, 4.69) is 30.6 Å². The highest BCUT2D eigenvalue weighted by molar-refractivity contribution is 9.10. The monoisotopic (exact) mass is 343 g/mol. The second kappa shape index (κ2) is 5.49. The number of halogens is 3. The van der Waals surface area contributed by atoms with Crippen molar-refractivity contribution in [2.75, 3.05) is 12.8 Å². The highest BCUT2D eigenvalue weighted by atomic mass is 79.9. The highest BCUT2D eigenvalue weighted by Crippen LogP contribution is 2.30. The van der Waals surface area contributed by atoms with Crippen molar-refractivity contribution >= 4 is 27.7 Å². The van der Waals surface area contributed by atoms with E-state index < -0.39 is 17.6 Å². The van der Waals surface area contributed by atoms with E-state index in [0.29, 0.717) is 0 Å². The summed E-state index contributed by atoms with van der Waals surface area (Å²) in [5, 5.41) is 0. The van der Waals surface area contributed by atoms with Crippen LogP contribution in [0.2, 0.25) is 0 Å². The molecule has 5 nitrogen and oxygen atoms in total. The maximum Gasteiger partial charge on any atom is 0.343 e. The molecule has 0 saturated heterocycles. The largest absolute Gasteiger partial charge is 0.465 e. The molecule has 0 unspecified atom stereocenters. The number of nitrogen functional groups attached to an aromatic ring is 1. The van der Waals surface area contributed by atoms with Crippen LogP contribution in [0.5, 0.6) is 0 Å². The summed E-state index contributed by atoms with van der Waals surface area (Å²) in [4.78, 5) is 19.1. The zero-order chi connectivity index (χ0) is 14.9. The fourth-order valence-electron chi connectivity index (χ4n) is 1.49. The van der Waals surface area contributed by atoms with Crippen molar-refractivity contribution in [3.63, 3.8) is 0 Å². The van der Waals surface area contributed by atoms with Gasteiger partial charge in [0.2, 0.25) is 0 Å². The number of esters is 1. The van der Waals surface area contributed by atoms with Crippen LogP contribution in [0.3, 0.4) is 0 Å². The lowest BCUT2D eigenvalue weighted by Crippen LogP contribution is -2.09. The van der Waals surface area contributed by atoms with E-state index in [0.717, 1.165) is 12.3 Å². The molecular weight excluding hydrogens is 336 g/mol. The van der Waals surface area contributed by atoms with Crippen molar-refractivity contribution in [1.29, 1.82) is 0 Å². The Balaban J connectivity index is 2.53. The van der Waals surface area contributed by atoms with Crippen molar-refractivity contribution < 1.29 is 18.3 Å². The summed E-state index contributed by atoms with van der Waals surface area (Å²) in [6.45, 7) is 0. The number of carbonyl (C=O) groups excluding carboxylic acids is 1. The standard InChI is InChI=1S/C12H8BrF2N3O2/c1-20-12(19)6-4-17-11(18-10(6)16)5-2-3-7(14)9(15)8(5)13/h2-4H,1H3,(H2,16,17,18). The van der Waals surface area contributed by atoms with Gasteiger partial charge in [-0.1, -0.05) is 0 Å². The number of hydrogen-bond donors (Lipinski definition) is 1. The van der Waals surface area contributed by atoms with Crippen LogP contribution in [0.15, 0.2) is 22.8 Å². The molecule has 2 N–H and O–H groups in total. The Labute approximate surface area is 120 Å². The molecule has 0 spiro atoms. The first-order chi connectivity index (χ1) is 9.45.